The second-order valence-corrected chi connectivity index (χ2v) is 7.96. The fraction of sp³-hybridized carbons (Fsp3) is 0.391. The molecule has 29 heavy (non-hydrogen) atoms. The Morgan fingerprint density at radius 3 is 2.48 bits per heavy atom. The Morgan fingerprint density at radius 2 is 1.83 bits per heavy atom. The van der Waals surface area contributed by atoms with Gasteiger partial charge in [-0.1, -0.05) is 6.92 Å². The fourth-order valence-corrected chi connectivity index (χ4v) is 4.32. The topological polar surface area (TPSA) is 48.0 Å². The predicted molar refractivity (Wildman–Crippen MR) is 108 cm³/mol. The molecule has 0 radical (unpaired) electrons. The zero-order chi connectivity index (χ0) is 20.5. The number of H-pyrrole nitrogens is 1. The normalized spacial score (nSPS) is 20.0. The number of aromatic nitrogens is 1. The summed E-state index contributed by atoms with van der Waals surface area (Å²) >= 11 is 0. The van der Waals surface area contributed by atoms with Crippen molar-refractivity contribution in [2.24, 2.45) is 5.92 Å². The van der Waals surface area contributed by atoms with Crippen molar-refractivity contribution in [3.8, 4) is 11.3 Å². The summed E-state index contributed by atoms with van der Waals surface area (Å²) < 4.78 is 41.7. The molecule has 0 spiro atoms. The van der Waals surface area contributed by atoms with Crippen molar-refractivity contribution in [2.75, 3.05) is 13.2 Å². The van der Waals surface area contributed by atoms with Gasteiger partial charge in [-0.05, 0) is 79.1 Å². The number of fused-ring (bicyclic) bond motifs is 1. The highest BCUT2D eigenvalue weighted by Gasteiger charge is 2.34. The molecule has 0 amide bonds. The lowest BCUT2D eigenvalue weighted by atomic mass is 9.70. The van der Waals surface area contributed by atoms with Crippen LogP contribution in [-0.4, -0.2) is 29.3 Å². The van der Waals surface area contributed by atoms with E-state index in [4.69, 9.17) is 0 Å². The van der Waals surface area contributed by atoms with E-state index in [0.717, 1.165) is 48.7 Å². The lowest BCUT2D eigenvalue weighted by Crippen LogP contribution is -2.39. The number of aliphatic hydroxyl groups is 1. The van der Waals surface area contributed by atoms with Gasteiger partial charge in [-0.3, -0.25) is 0 Å². The van der Waals surface area contributed by atoms with Crippen molar-refractivity contribution in [1.29, 1.82) is 0 Å². The van der Waals surface area contributed by atoms with Crippen molar-refractivity contribution in [2.45, 2.75) is 38.1 Å². The third-order valence-electron chi connectivity index (χ3n) is 6.05. The molecule has 1 atom stereocenters. The highest BCUT2D eigenvalue weighted by molar-refractivity contribution is 5.92. The summed E-state index contributed by atoms with van der Waals surface area (Å²) in [4.78, 5) is 3.12. The molecule has 0 aliphatic heterocycles. The van der Waals surface area contributed by atoms with E-state index in [-0.39, 0.29) is 29.9 Å². The van der Waals surface area contributed by atoms with Gasteiger partial charge >= 0.3 is 0 Å². The molecule has 3 aromatic rings. The largest absolute Gasteiger partial charge is 0.395 e. The Labute approximate surface area is 167 Å². The van der Waals surface area contributed by atoms with Crippen LogP contribution in [0.4, 0.5) is 13.2 Å². The average molecular weight is 402 g/mol. The molecule has 3 N–H and O–H groups in total. The van der Waals surface area contributed by atoms with E-state index in [1.165, 1.54) is 18.2 Å². The summed E-state index contributed by atoms with van der Waals surface area (Å²) in [6, 6.07) is 8.40. The Morgan fingerprint density at radius 1 is 1.10 bits per heavy atom. The van der Waals surface area contributed by atoms with Crippen LogP contribution in [0.15, 0.2) is 36.4 Å². The summed E-state index contributed by atoms with van der Waals surface area (Å²) in [7, 11) is 0. The first-order valence-electron chi connectivity index (χ1n) is 10.1. The summed E-state index contributed by atoms with van der Waals surface area (Å²) in [5, 5.41) is 13.3. The fourth-order valence-electron chi connectivity index (χ4n) is 4.32. The van der Waals surface area contributed by atoms with E-state index in [9.17, 15) is 18.3 Å². The van der Waals surface area contributed by atoms with Crippen LogP contribution in [0.5, 0.6) is 0 Å². The van der Waals surface area contributed by atoms with E-state index in [1.54, 1.807) is 12.1 Å². The number of aromatic amines is 1. The van der Waals surface area contributed by atoms with Gasteiger partial charge in [-0.15, -0.1) is 0 Å². The number of hydrogen-bond donors (Lipinski definition) is 3. The van der Waals surface area contributed by atoms with Crippen LogP contribution < -0.4 is 5.32 Å². The monoisotopic (exact) mass is 402 g/mol. The Hall–Kier alpha value is -2.31. The Bertz CT molecular complexity index is 990. The molecular formula is C23H25F3N2O. The van der Waals surface area contributed by atoms with E-state index in [0.29, 0.717) is 11.3 Å². The molecular weight excluding hydrogens is 377 g/mol. The third-order valence-corrected chi connectivity index (χ3v) is 6.05. The predicted octanol–water partition coefficient (Wildman–Crippen LogP) is 5.11. The van der Waals surface area contributed by atoms with Crippen LogP contribution in [0.3, 0.4) is 0 Å². The van der Waals surface area contributed by atoms with Crippen molar-refractivity contribution < 1.29 is 18.3 Å². The molecule has 1 aliphatic carbocycles. The summed E-state index contributed by atoms with van der Waals surface area (Å²) in [5.41, 5.74) is 2.66. The summed E-state index contributed by atoms with van der Waals surface area (Å²) in [5.74, 6) is -0.947. The van der Waals surface area contributed by atoms with Gasteiger partial charge in [-0.2, -0.15) is 0 Å². The molecule has 0 unspecified atom stereocenters. The van der Waals surface area contributed by atoms with Gasteiger partial charge in [0, 0.05) is 17.5 Å². The van der Waals surface area contributed by atoms with Crippen molar-refractivity contribution in [3.63, 3.8) is 0 Å². The minimum atomic E-state index is -0.624. The van der Waals surface area contributed by atoms with Crippen LogP contribution in [0.1, 0.15) is 37.7 Å². The van der Waals surface area contributed by atoms with Crippen LogP contribution in [0.2, 0.25) is 0 Å². The second-order valence-electron chi connectivity index (χ2n) is 7.96. The van der Waals surface area contributed by atoms with E-state index in [2.05, 4.69) is 10.3 Å². The highest BCUT2D eigenvalue weighted by Crippen LogP contribution is 2.48. The van der Waals surface area contributed by atoms with Crippen molar-refractivity contribution in [3.05, 3.63) is 59.4 Å². The molecule has 1 fully saturated rings. The Balaban J connectivity index is 1.64. The molecule has 1 saturated carbocycles. The SMILES string of the molecule is CC[C@@H](CO)NCC1CC(c2c(-c3ccc(F)cc3)[nH]c3c(F)cc(F)cc23)C1. The number of benzene rings is 2. The number of nitrogens with one attached hydrogen (secondary N) is 2. The first-order chi connectivity index (χ1) is 14.0. The molecule has 0 saturated heterocycles. The maximum Gasteiger partial charge on any atom is 0.150 e. The minimum absolute atomic E-state index is 0.0973. The van der Waals surface area contributed by atoms with E-state index in [1.807, 2.05) is 6.92 Å². The zero-order valence-corrected chi connectivity index (χ0v) is 16.3. The minimum Gasteiger partial charge on any atom is -0.395 e. The molecule has 0 bridgehead atoms. The maximum atomic E-state index is 14.4. The van der Waals surface area contributed by atoms with Crippen molar-refractivity contribution in [1.82, 2.24) is 10.3 Å². The van der Waals surface area contributed by atoms with Crippen LogP contribution in [-0.2, 0) is 0 Å². The average Bonchev–Trinajstić information content (AvgIpc) is 3.04. The molecule has 3 nitrogen and oxygen atoms in total. The molecule has 154 valence electrons. The van der Waals surface area contributed by atoms with Gasteiger partial charge in [-0.25, -0.2) is 13.2 Å². The first kappa shape index (κ1) is 20.0. The quantitative estimate of drug-likeness (QED) is 0.515. The number of hydrogen-bond acceptors (Lipinski definition) is 2. The van der Waals surface area contributed by atoms with Gasteiger partial charge < -0.3 is 15.4 Å². The molecule has 1 aliphatic rings. The van der Waals surface area contributed by atoms with Gasteiger partial charge in [0.25, 0.3) is 0 Å². The number of aliphatic hydroxyl groups excluding tert-OH is 1. The smallest absolute Gasteiger partial charge is 0.150 e. The highest BCUT2D eigenvalue weighted by atomic mass is 19.1. The lowest BCUT2D eigenvalue weighted by Gasteiger charge is -2.37. The van der Waals surface area contributed by atoms with Crippen LogP contribution >= 0.6 is 0 Å². The van der Waals surface area contributed by atoms with Crippen molar-refractivity contribution >= 4 is 10.9 Å². The second kappa shape index (κ2) is 8.20. The van der Waals surface area contributed by atoms with E-state index < -0.39 is 11.6 Å². The maximum absolute atomic E-state index is 14.4. The standard InChI is InChI=1S/C23H25F3N2O/c1-2-18(12-29)27-11-13-7-15(8-13)21-19-9-17(25)10-20(26)23(19)28-22(21)14-3-5-16(24)6-4-14/h3-6,9-10,13,15,18,27-29H,2,7-8,11-12H2,1H3/t13?,15?,18-/m0/s1. The van der Waals surface area contributed by atoms with Gasteiger partial charge in [0.1, 0.15) is 17.5 Å². The molecule has 4 rings (SSSR count). The molecule has 1 aromatic heterocycles. The van der Waals surface area contributed by atoms with Crippen LogP contribution in [0.25, 0.3) is 22.2 Å². The first-order valence-corrected chi connectivity index (χ1v) is 10.1. The van der Waals surface area contributed by atoms with Gasteiger partial charge in [0.2, 0.25) is 0 Å². The summed E-state index contributed by atoms with van der Waals surface area (Å²) in [6.07, 6.45) is 2.66. The number of rotatable bonds is 7. The summed E-state index contributed by atoms with van der Waals surface area (Å²) in [6.45, 7) is 2.95. The van der Waals surface area contributed by atoms with E-state index >= 15 is 0 Å². The molecule has 2 aromatic carbocycles. The Kier molecular flexibility index (Phi) is 5.65. The van der Waals surface area contributed by atoms with Gasteiger partial charge in [0.15, 0.2) is 0 Å². The number of halogens is 3. The molecule has 6 heteroatoms. The van der Waals surface area contributed by atoms with Gasteiger partial charge in [0.05, 0.1) is 17.8 Å². The third kappa shape index (κ3) is 3.91. The zero-order valence-electron chi connectivity index (χ0n) is 16.3. The molecule has 1 heterocycles. The lowest BCUT2D eigenvalue weighted by molar-refractivity contribution is 0.206. The van der Waals surface area contributed by atoms with Crippen LogP contribution in [0, 0.1) is 23.4 Å².